The Kier molecular flexibility index (Phi) is 5.37. The zero-order valence-corrected chi connectivity index (χ0v) is 12.2. The fourth-order valence-electron chi connectivity index (χ4n) is 2.19. The topological polar surface area (TPSA) is 74.0 Å². The number of hydrogen-bond donors (Lipinski definition) is 3. The maximum atomic E-state index is 11.6. The zero-order valence-electron chi connectivity index (χ0n) is 12.2. The number of rotatable bonds is 6. The number of benzene rings is 1. The van der Waals surface area contributed by atoms with Gasteiger partial charge in [0.1, 0.15) is 0 Å². The molecule has 0 unspecified atom stereocenters. The van der Waals surface area contributed by atoms with E-state index in [9.17, 15) is 9.59 Å². The van der Waals surface area contributed by atoms with Gasteiger partial charge in [-0.1, -0.05) is 31.5 Å². The molecule has 0 saturated carbocycles. The number of nitrogens with one attached hydrogen (secondary N) is 3. The van der Waals surface area contributed by atoms with Crippen molar-refractivity contribution in [3.05, 3.63) is 36.0 Å². The molecule has 0 saturated heterocycles. The van der Waals surface area contributed by atoms with Crippen LogP contribution in [0.1, 0.15) is 25.3 Å². The lowest BCUT2D eigenvalue weighted by atomic mass is 10.1. The molecule has 0 spiro atoms. The van der Waals surface area contributed by atoms with Gasteiger partial charge in [-0.25, -0.2) is 0 Å². The van der Waals surface area contributed by atoms with Gasteiger partial charge in [0.25, 0.3) is 0 Å². The first-order valence-corrected chi connectivity index (χ1v) is 7.33. The number of amides is 2. The number of aromatic amines is 1. The van der Waals surface area contributed by atoms with Crippen molar-refractivity contribution in [2.45, 2.75) is 26.2 Å². The molecule has 0 aliphatic heterocycles. The maximum absolute atomic E-state index is 11.6. The van der Waals surface area contributed by atoms with E-state index < -0.39 is 11.8 Å². The number of unbranched alkanes of at least 4 members (excludes halogenated alkanes) is 1. The standard InChI is InChI=1S/C16H21N3O2/c1-2-3-9-17-15(20)16(21)18-10-8-12-11-19-14-7-5-4-6-13(12)14/h4-7,11,19H,2-3,8-10H2,1H3,(H,17,20)(H,18,21). The van der Waals surface area contributed by atoms with Crippen LogP contribution in [0.15, 0.2) is 30.5 Å². The van der Waals surface area contributed by atoms with E-state index in [0.717, 1.165) is 29.3 Å². The summed E-state index contributed by atoms with van der Waals surface area (Å²) in [4.78, 5) is 26.3. The SMILES string of the molecule is CCCCNC(=O)C(=O)NCCc1c[nH]c2ccccc12. The fourth-order valence-corrected chi connectivity index (χ4v) is 2.19. The number of H-pyrrole nitrogens is 1. The Balaban J connectivity index is 1.79. The van der Waals surface area contributed by atoms with E-state index in [1.165, 1.54) is 0 Å². The second-order valence-electron chi connectivity index (χ2n) is 4.97. The third-order valence-corrected chi connectivity index (χ3v) is 3.38. The highest BCUT2D eigenvalue weighted by Gasteiger charge is 2.12. The van der Waals surface area contributed by atoms with Crippen molar-refractivity contribution in [1.82, 2.24) is 15.6 Å². The largest absolute Gasteiger partial charge is 0.361 e. The highest BCUT2D eigenvalue weighted by atomic mass is 16.2. The Labute approximate surface area is 124 Å². The third-order valence-electron chi connectivity index (χ3n) is 3.38. The van der Waals surface area contributed by atoms with Gasteiger partial charge in [0.15, 0.2) is 0 Å². The van der Waals surface area contributed by atoms with Crippen LogP contribution in [0.2, 0.25) is 0 Å². The Bertz CT molecular complexity index is 619. The minimum absolute atomic E-state index is 0.446. The van der Waals surface area contributed by atoms with Crippen LogP contribution in [-0.4, -0.2) is 29.9 Å². The van der Waals surface area contributed by atoms with Crippen LogP contribution >= 0.6 is 0 Å². The van der Waals surface area contributed by atoms with E-state index >= 15 is 0 Å². The van der Waals surface area contributed by atoms with E-state index in [-0.39, 0.29) is 0 Å². The molecule has 5 heteroatoms. The summed E-state index contributed by atoms with van der Waals surface area (Å²) < 4.78 is 0. The molecule has 1 aromatic heterocycles. The molecule has 2 amide bonds. The minimum atomic E-state index is -0.564. The summed E-state index contributed by atoms with van der Waals surface area (Å²) in [6, 6.07) is 8.02. The molecule has 1 aromatic carbocycles. The first kappa shape index (κ1) is 15.1. The smallest absolute Gasteiger partial charge is 0.309 e. The van der Waals surface area contributed by atoms with Crippen molar-refractivity contribution in [2.75, 3.05) is 13.1 Å². The summed E-state index contributed by atoms with van der Waals surface area (Å²) in [5, 5.41) is 6.40. The van der Waals surface area contributed by atoms with Crippen molar-refractivity contribution >= 4 is 22.7 Å². The van der Waals surface area contributed by atoms with Gasteiger partial charge in [-0.15, -0.1) is 0 Å². The summed E-state index contributed by atoms with van der Waals surface area (Å²) in [5.41, 5.74) is 2.22. The Morgan fingerprint density at radius 3 is 2.57 bits per heavy atom. The van der Waals surface area contributed by atoms with Gasteiger partial charge in [0.2, 0.25) is 0 Å². The third kappa shape index (κ3) is 4.08. The second kappa shape index (κ2) is 7.47. The van der Waals surface area contributed by atoms with Gasteiger partial charge in [0.05, 0.1) is 0 Å². The van der Waals surface area contributed by atoms with Crippen molar-refractivity contribution < 1.29 is 9.59 Å². The highest BCUT2D eigenvalue weighted by Crippen LogP contribution is 2.17. The van der Waals surface area contributed by atoms with E-state index in [1.807, 2.05) is 37.4 Å². The lowest BCUT2D eigenvalue weighted by molar-refractivity contribution is -0.139. The predicted molar refractivity (Wildman–Crippen MR) is 82.9 cm³/mol. The lowest BCUT2D eigenvalue weighted by Crippen LogP contribution is -2.40. The molecule has 1 heterocycles. The van der Waals surface area contributed by atoms with Gasteiger partial charge in [-0.05, 0) is 24.5 Å². The van der Waals surface area contributed by atoms with E-state index in [4.69, 9.17) is 0 Å². The van der Waals surface area contributed by atoms with Crippen LogP contribution in [0.4, 0.5) is 0 Å². The number of carbonyl (C=O) groups is 2. The van der Waals surface area contributed by atoms with Crippen LogP contribution in [0.3, 0.4) is 0 Å². The average molecular weight is 287 g/mol. The second-order valence-corrected chi connectivity index (χ2v) is 4.97. The summed E-state index contributed by atoms with van der Waals surface area (Å²) in [5.74, 6) is -1.12. The number of carbonyl (C=O) groups excluding carboxylic acids is 2. The Morgan fingerprint density at radius 1 is 1.10 bits per heavy atom. The zero-order chi connectivity index (χ0) is 15.1. The quantitative estimate of drug-likeness (QED) is 0.559. The summed E-state index contributed by atoms with van der Waals surface area (Å²) in [7, 11) is 0. The van der Waals surface area contributed by atoms with Gasteiger partial charge >= 0.3 is 11.8 Å². The molecular weight excluding hydrogens is 266 g/mol. The van der Waals surface area contributed by atoms with Crippen molar-refractivity contribution in [3.8, 4) is 0 Å². The monoisotopic (exact) mass is 287 g/mol. The Hall–Kier alpha value is -2.30. The molecular formula is C16H21N3O2. The molecule has 5 nitrogen and oxygen atoms in total. The van der Waals surface area contributed by atoms with E-state index in [2.05, 4.69) is 15.6 Å². The Morgan fingerprint density at radius 2 is 1.81 bits per heavy atom. The molecule has 0 radical (unpaired) electrons. The molecule has 0 atom stereocenters. The van der Waals surface area contributed by atoms with Crippen LogP contribution in [0, 0.1) is 0 Å². The van der Waals surface area contributed by atoms with Crippen molar-refractivity contribution in [1.29, 1.82) is 0 Å². The maximum Gasteiger partial charge on any atom is 0.309 e. The van der Waals surface area contributed by atoms with Crippen LogP contribution in [0.25, 0.3) is 10.9 Å². The summed E-state index contributed by atoms with van der Waals surface area (Å²) in [6.07, 6.45) is 4.51. The summed E-state index contributed by atoms with van der Waals surface area (Å²) >= 11 is 0. The van der Waals surface area contributed by atoms with Crippen LogP contribution in [-0.2, 0) is 16.0 Å². The van der Waals surface area contributed by atoms with Crippen molar-refractivity contribution in [2.24, 2.45) is 0 Å². The molecule has 21 heavy (non-hydrogen) atoms. The predicted octanol–water partition coefficient (Wildman–Crippen LogP) is 1.74. The number of aromatic nitrogens is 1. The minimum Gasteiger partial charge on any atom is -0.361 e. The fraction of sp³-hybridized carbons (Fsp3) is 0.375. The van der Waals surface area contributed by atoms with Crippen LogP contribution in [0.5, 0.6) is 0 Å². The normalized spacial score (nSPS) is 10.5. The molecule has 2 aromatic rings. The molecule has 0 aliphatic rings. The number of hydrogen-bond acceptors (Lipinski definition) is 2. The average Bonchev–Trinajstić information content (AvgIpc) is 2.91. The first-order valence-electron chi connectivity index (χ1n) is 7.33. The molecule has 0 aliphatic carbocycles. The number of fused-ring (bicyclic) bond motifs is 1. The van der Waals surface area contributed by atoms with E-state index in [0.29, 0.717) is 19.5 Å². The molecule has 112 valence electrons. The lowest BCUT2D eigenvalue weighted by Gasteiger charge is -2.05. The summed E-state index contributed by atoms with van der Waals surface area (Å²) in [6.45, 7) is 3.03. The van der Waals surface area contributed by atoms with Gasteiger partial charge in [-0.3, -0.25) is 9.59 Å². The first-order chi connectivity index (χ1) is 10.2. The molecule has 0 fully saturated rings. The van der Waals surface area contributed by atoms with Crippen LogP contribution < -0.4 is 10.6 Å². The van der Waals surface area contributed by atoms with E-state index in [1.54, 1.807) is 0 Å². The molecule has 2 rings (SSSR count). The van der Waals surface area contributed by atoms with Gasteiger partial charge < -0.3 is 15.6 Å². The van der Waals surface area contributed by atoms with Gasteiger partial charge in [0, 0.05) is 30.2 Å². The molecule has 3 N–H and O–H groups in total. The highest BCUT2D eigenvalue weighted by molar-refractivity contribution is 6.35. The van der Waals surface area contributed by atoms with Crippen molar-refractivity contribution in [3.63, 3.8) is 0 Å². The van der Waals surface area contributed by atoms with Gasteiger partial charge in [-0.2, -0.15) is 0 Å². The number of para-hydroxylation sites is 1. The molecule has 0 bridgehead atoms.